The van der Waals surface area contributed by atoms with E-state index in [0.29, 0.717) is 0 Å². The molecule has 0 amide bonds. The summed E-state index contributed by atoms with van der Waals surface area (Å²) in [6.45, 7) is 9.33. The fraction of sp³-hybridized carbons (Fsp3) is 0.375. The molecule has 0 fully saturated rings. The molecular formula is C16H19Br2N3. The molecule has 0 radical (unpaired) electrons. The van der Waals surface area contributed by atoms with Gasteiger partial charge in [-0.15, -0.1) is 0 Å². The molecule has 112 valence electrons. The molecule has 0 saturated carbocycles. The second kappa shape index (κ2) is 6.44. The Kier molecular flexibility index (Phi) is 5.04. The Bertz CT molecular complexity index is 648. The molecule has 5 heteroatoms. The van der Waals surface area contributed by atoms with Gasteiger partial charge in [-0.05, 0) is 28.9 Å². The van der Waals surface area contributed by atoms with Gasteiger partial charge in [0, 0.05) is 22.0 Å². The van der Waals surface area contributed by atoms with Gasteiger partial charge in [-0.3, -0.25) is 0 Å². The molecule has 1 heterocycles. The number of rotatable bonds is 3. The van der Waals surface area contributed by atoms with Crippen molar-refractivity contribution < 1.29 is 0 Å². The second-order valence-electron chi connectivity index (χ2n) is 5.82. The zero-order valence-electron chi connectivity index (χ0n) is 12.7. The van der Waals surface area contributed by atoms with Crippen LogP contribution in [0.2, 0.25) is 0 Å². The van der Waals surface area contributed by atoms with Crippen molar-refractivity contribution in [3.63, 3.8) is 0 Å². The predicted molar refractivity (Wildman–Crippen MR) is 95.7 cm³/mol. The fourth-order valence-electron chi connectivity index (χ4n) is 1.99. The average molecular weight is 413 g/mol. The normalized spacial score (nSPS) is 11.5. The number of nitrogens with zero attached hydrogens (tertiary/aromatic N) is 2. The van der Waals surface area contributed by atoms with E-state index in [2.05, 4.69) is 69.9 Å². The molecule has 2 aromatic rings. The Morgan fingerprint density at radius 1 is 1.10 bits per heavy atom. The van der Waals surface area contributed by atoms with E-state index in [9.17, 15) is 0 Å². The lowest BCUT2D eigenvalue weighted by Gasteiger charge is -2.22. The standard InChI is InChI=1S/C16H19Br2N3/c1-5-19-15-12(18)13(16(2,3)4)20-14(21-15)10-8-6-7-9-11(10)17/h6-9H,5H2,1-4H3,(H,19,20,21). The maximum atomic E-state index is 4.79. The fourth-order valence-corrected chi connectivity index (χ4v) is 3.37. The van der Waals surface area contributed by atoms with E-state index >= 15 is 0 Å². The SMILES string of the molecule is CCNc1nc(-c2ccccc2Br)nc(C(C)(C)C)c1Br. The lowest BCUT2D eigenvalue weighted by molar-refractivity contribution is 0.564. The number of nitrogens with one attached hydrogen (secondary N) is 1. The van der Waals surface area contributed by atoms with Crippen molar-refractivity contribution in [2.24, 2.45) is 0 Å². The minimum absolute atomic E-state index is 0.0675. The highest BCUT2D eigenvalue weighted by Crippen LogP contribution is 2.35. The summed E-state index contributed by atoms with van der Waals surface area (Å²) in [5.74, 6) is 1.56. The Labute approximate surface area is 142 Å². The molecular weight excluding hydrogens is 394 g/mol. The molecule has 1 aromatic carbocycles. The topological polar surface area (TPSA) is 37.8 Å². The third-order valence-electron chi connectivity index (χ3n) is 3.02. The molecule has 3 nitrogen and oxygen atoms in total. The van der Waals surface area contributed by atoms with Crippen LogP contribution in [-0.2, 0) is 5.41 Å². The highest BCUT2D eigenvalue weighted by molar-refractivity contribution is 9.11. The van der Waals surface area contributed by atoms with Crippen LogP contribution in [0, 0.1) is 0 Å². The Morgan fingerprint density at radius 2 is 1.76 bits per heavy atom. The zero-order chi connectivity index (χ0) is 15.6. The van der Waals surface area contributed by atoms with Gasteiger partial charge in [0.1, 0.15) is 5.82 Å². The molecule has 0 bridgehead atoms. The van der Waals surface area contributed by atoms with Crippen molar-refractivity contribution in [3.8, 4) is 11.4 Å². The summed E-state index contributed by atoms with van der Waals surface area (Å²) in [7, 11) is 0. The first-order valence-corrected chi connectivity index (χ1v) is 8.50. The van der Waals surface area contributed by atoms with E-state index in [0.717, 1.165) is 38.4 Å². The predicted octanol–water partition coefficient (Wildman–Crippen LogP) is 5.40. The number of hydrogen-bond donors (Lipinski definition) is 1. The molecule has 2 rings (SSSR count). The number of hydrogen-bond acceptors (Lipinski definition) is 3. The summed E-state index contributed by atoms with van der Waals surface area (Å²) in [6, 6.07) is 8.01. The summed E-state index contributed by atoms with van der Waals surface area (Å²) in [6.07, 6.45) is 0. The van der Waals surface area contributed by atoms with Crippen molar-refractivity contribution in [1.29, 1.82) is 0 Å². The summed E-state index contributed by atoms with van der Waals surface area (Å²) in [4.78, 5) is 9.46. The highest BCUT2D eigenvalue weighted by Gasteiger charge is 2.23. The van der Waals surface area contributed by atoms with Crippen LogP contribution < -0.4 is 5.32 Å². The zero-order valence-corrected chi connectivity index (χ0v) is 15.8. The van der Waals surface area contributed by atoms with Gasteiger partial charge in [-0.2, -0.15) is 0 Å². The molecule has 1 N–H and O–H groups in total. The van der Waals surface area contributed by atoms with Crippen molar-refractivity contribution in [2.75, 3.05) is 11.9 Å². The van der Waals surface area contributed by atoms with Crippen molar-refractivity contribution in [3.05, 3.63) is 38.9 Å². The first-order chi connectivity index (χ1) is 9.84. The summed E-state index contributed by atoms with van der Waals surface area (Å²) < 4.78 is 1.93. The quantitative estimate of drug-likeness (QED) is 0.733. The van der Waals surface area contributed by atoms with Crippen molar-refractivity contribution >= 4 is 37.7 Å². The van der Waals surface area contributed by atoms with Crippen molar-refractivity contribution in [2.45, 2.75) is 33.1 Å². The molecule has 0 saturated heterocycles. The van der Waals surface area contributed by atoms with Gasteiger partial charge in [0.15, 0.2) is 5.82 Å². The Balaban J connectivity index is 2.68. The van der Waals surface area contributed by atoms with Crippen LogP contribution in [0.4, 0.5) is 5.82 Å². The van der Waals surface area contributed by atoms with Gasteiger partial charge >= 0.3 is 0 Å². The van der Waals surface area contributed by atoms with Gasteiger partial charge < -0.3 is 5.32 Å². The van der Waals surface area contributed by atoms with E-state index in [1.807, 2.05) is 24.3 Å². The molecule has 0 atom stereocenters. The largest absolute Gasteiger partial charge is 0.369 e. The number of anilines is 1. The number of aromatic nitrogens is 2. The molecule has 1 aromatic heterocycles. The maximum Gasteiger partial charge on any atom is 0.163 e. The summed E-state index contributed by atoms with van der Waals surface area (Å²) >= 11 is 7.22. The Hall–Kier alpha value is -0.940. The van der Waals surface area contributed by atoms with E-state index < -0.39 is 0 Å². The van der Waals surface area contributed by atoms with Crippen LogP contribution in [0.3, 0.4) is 0 Å². The summed E-state index contributed by atoms with van der Waals surface area (Å²) in [5, 5.41) is 3.30. The molecule has 21 heavy (non-hydrogen) atoms. The smallest absolute Gasteiger partial charge is 0.163 e. The van der Waals surface area contributed by atoms with E-state index in [-0.39, 0.29) is 5.41 Å². The van der Waals surface area contributed by atoms with Gasteiger partial charge in [-0.1, -0.05) is 54.9 Å². The summed E-state index contributed by atoms with van der Waals surface area (Å²) in [5.41, 5.74) is 1.93. The first-order valence-electron chi connectivity index (χ1n) is 6.91. The van der Waals surface area contributed by atoms with E-state index in [1.54, 1.807) is 0 Å². The van der Waals surface area contributed by atoms with Crippen molar-refractivity contribution in [1.82, 2.24) is 9.97 Å². The minimum Gasteiger partial charge on any atom is -0.369 e. The molecule has 0 aliphatic heterocycles. The average Bonchev–Trinajstić information content (AvgIpc) is 2.41. The Morgan fingerprint density at radius 3 is 2.33 bits per heavy atom. The van der Waals surface area contributed by atoms with Crippen LogP contribution >= 0.6 is 31.9 Å². The molecule has 0 aliphatic rings. The van der Waals surface area contributed by atoms with Gasteiger partial charge in [0.2, 0.25) is 0 Å². The number of benzene rings is 1. The second-order valence-corrected chi connectivity index (χ2v) is 7.47. The van der Waals surface area contributed by atoms with E-state index in [1.165, 1.54) is 0 Å². The van der Waals surface area contributed by atoms with Crippen LogP contribution in [-0.4, -0.2) is 16.5 Å². The third-order valence-corrected chi connectivity index (χ3v) is 4.46. The minimum atomic E-state index is -0.0675. The van der Waals surface area contributed by atoms with Gasteiger partial charge in [-0.25, -0.2) is 9.97 Å². The highest BCUT2D eigenvalue weighted by atomic mass is 79.9. The lowest BCUT2D eigenvalue weighted by Crippen LogP contribution is -2.17. The van der Waals surface area contributed by atoms with Crippen LogP contribution in [0.1, 0.15) is 33.4 Å². The van der Waals surface area contributed by atoms with Crippen LogP contribution in [0.25, 0.3) is 11.4 Å². The van der Waals surface area contributed by atoms with E-state index in [4.69, 9.17) is 4.98 Å². The third kappa shape index (κ3) is 3.64. The molecule has 0 unspecified atom stereocenters. The van der Waals surface area contributed by atoms with Gasteiger partial charge in [0.05, 0.1) is 10.2 Å². The maximum absolute atomic E-state index is 4.79. The van der Waals surface area contributed by atoms with Crippen LogP contribution in [0.5, 0.6) is 0 Å². The lowest BCUT2D eigenvalue weighted by atomic mass is 9.91. The van der Waals surface area contributed by atoms with Gasteiger partial charge in [0.25, 0.3) is 0 Å². The number of halogens is 2. The van der Waals surface area contributed by atoms with Crippen LogP contribution in [0.15, 0.2) is 33.2 Å². The molecule has 0 aliphatic carbocycles. The first kappa shape index (κ1) is 16.4. The monoisotopic (exact) mass is 411 g/mol. The molecule has 0 spiro atoms.